The van der Waals surface area contributed by atoms with E-state index < -0.39 is 0 Å². The second kappa shape index (κ2) is 3.88. The van der Waals surface area contributed by atoms with Gasteiger partial charge in [-0.2, -0.15) is 0 Å². The number of rotatable bonds is 3. The van der Waals surface area contributed by atoms with Crippen molar-refractivity contribution in [1.29, 1.82) is 0 Å². The van der Waals surface area contributed by atoms with Crippen LogP contribution in [0, 0.1) is 0 Å². The molecule has 3 atom stereocenters. The summed E-state index contributed by atoms with van der Waals surface area (Å²) in [7, 11) is 0. The molecule has 1 aliphatic carbocycles. The maximum absolute atomic E-state index is 9.44. The summed E-state index contributed by atoms with van der Waals surface area (Å²) in [6, 6.07) is 0.607. The van der Waals surface area contributed by atoms with Crippen LogP contribution in [0.3, 0.4) is 0 Å². The zero-order chi connectivity index (χ0) is 8.27. The molecule has 1 fully saturated rings. The highest BCUT2D eigenvalue weighted by Gasteiger charge is 2.25. The molecule has 1 unspecified atom stereocenters. The van der Waals surface area contributed by atoms with Gasteiger partial charge >= 0.3 is 0 Å². The van der Waals surface area contributed by atoms with Gasteiger partial charge in [-0.3, -0.25) is 0 Å². The SMILES string of the molecule is C=CC(C)N[C@H]1CCC[C@@H]1O. The van der Waals surface area contributed by atoms with Crippen LogP contribution in [-0.2, 0) is 0 Å². The van der Waals surface area contributed by atoms with Crippen LogP contribution < -0.4 is 5.32 Å². The Morgan fingerprint density at radius 2 is 2.36 bits per heavy atom. The first-order valence-corrected chi connectivity index (χ1v) is 4.30. The Kier molecular flexibility index (Phi) is 3.09. The molecular formula is C9H17NO. The number of aliphatic hydroxyl groups is 1. The first-order chi connectivity index (χ1) is 5.24. The number of nitrogens with one attached hydrogen (secondary N) is 1. The van der Waals surface area contributed by atoms with Gasteiger partial charge in [0.2, 0.25) is 0 Å². The van der Waals surface area contributed by atoms with E-state index in [2.05, 4.69) is 18.8 Å². The fourth-order valence-corrected chi connectivity index (χ4v) is 1.54. The van der Waals surface area contributed by atoms with Gasteiger partial charge in [-0.25, -0.2) is 0 Å². The Labute approximate surface area is 68.3 Å². The normalized spacial score (nSPS) is 33.6. The zero-order valence-corrected chi connectivity index (χ0v) is 7.09. The molecule has 0 aromatic rings. The molecule has 2 N–H and O–H groups in total. The molecular weight excluding hydrogens is 138 g/mol. The van der Waals surface area contributed by atoms with E-state index >= 15 is 0 Å². The summed E-state index contributed by atoms with van der Waals surface area (Å²) < 4.78 is 0. The molecule has 0 aliphatic heterocycles. The van der Waals surface area contributed by atoms with Crippen molar-refractivity contribution in [3.8, 4) is 0 Å². The molecule has 0 amide bonds. The predicted octanol–water partition coefficient (Wildman–Crippen LogP) is 1.06. The van der Waals surface area contributed by atoms with Crippen LogP contribution in [-0.4, -0.2) is 23.3 Å². The summed E-state index contributed by atoms with van der Waals surface area (Å²) in [5.41, 5.74) is 0. The Hall–Kier alpha value is -0.340. The molecule has 1 saturated carbocycles. The summed E-state index contributed by atoms with van der Waals surface area (Å²) in [5, 5.41) is 12.7. The highest BCUT2D eigenvalue weighted by atomic mass is 16.3. The minimum absolute atomic E-state index is 0.141. The fourth-order valence-electron chi connectivity index (χ4n) is 1.54. The van der Waals surface area contributed by atoms with Crippen LogP contribution in [0.4, 0.5) is 0 Å². The molecule has 0 bridgehead atoms. The van der Waals surface area contributed by atoms with E-state index in [0.29, 0.717) is 12.1 Å². The van der Waals surface area contributed by atoms with Gasteiger partial charge in [-0.15, -0.1) is 6.58 Å². The lowest BCUT2D eigenvalue weighted by Crippen LogP contribution is -2.40. The second-order valence-corrected chi connectivity index (χ2v) is 3.30. The molecule has 2 heteroatoms. The average Bonchev–Trinajstić information content (AvgIpc) is 2.37. The minimum Gasteiger partial charge on any atom is -0.392 e. The fraction of sp³-hybridized carbons (Fsp3) is 0.778. The van der Waals surface area contributed by atoms with Gasteiger partial charge in [0.1, 0.15) is 0 Å². The van der Waals surface area contributed by atoms with Crippen LogP contribution in [0.2, 0.25) is 0 Å². The van der Waals surface area contributed by atoms with Gasteiger partial charge in [0, 0.05) is 12.1 Å². The molecule has 0 aromatic heterocycles. The highest BCUT2D eigenvalue weighted by molar-refractivity contribution is 4.89. The maximum atomic E-state index is 9.44. The maximum Gasteiger partial charge on any atom is 0.0693 e. The third-order valence-electron chi connectivity index (χ3n) is 2.31. The molecule has 1 rings (SSSR count). The molecule has 0 saturated heterocycles. The van der Waals surface area contributed by atoms with Crippen molar-refractivity contribution >= 4 is 0 Å². The highest BCUT2D eigenvalue weighted by Crippen LogP contribution is 2.19. The Balaban J connectivity index is 2.30. The number of hydrogen-bond acceptors (Lipinski definition) is 2. The molecule has 0 spiro atoms. The molecule has 0 aromatic carbocycles. The molecule has 0 radical (unpaired) electrons. The minimum atomic E-state index is -0.141. The van der Waals surface area contributed by atoms with Gasteiger partial charge in [0.25, 0.3) is 0 Å². The van der Waals surface area contributed by atoms with Crippen molar-refractivity contribution < 1.29 is 5.11 Å². The quantitative estimate of drug-likeness (QED) is 0.597. The third kappa shape index (κ3) is 2.31. The first kappa shape index (κ1) is 8.75. The summed E-state index contributed by atoms with van der Waals surface area (Å²) >= 11 is 0. The van der Waals surface area contributed by atoms with Crippen molar-refractivity contribution in [2.45, 2.75) is 44.4 Å². The van der Waals surface area contributed by atoms with E-state index in [-0.39, 0.29) is 6.10 Å². The average molecular weight is 155 g/mol. The molecule has 2 nitrogen and oxygen atoms in total. The number of aliphatic hydroxyl groups excluding tert-OH is 1. The summed E-state index contributed by atoms with van der Waals surface area (Å²) in [4.78, 5) is 0. The molecule has 0 heterocycles. The van der Waals surface area contributed by atoms with E-state index in [1.165, 1.54) is 0 Å². The van der Waals surface area contributed by atoms with Crippen LogP contribution in [0.25, 0.3) is 0 Å². The first-order valence-electron chi connectivity index (χ1n) is 4.30. The Morgan fingerprint density at radius 1 is 1.64 bits per heavy atom. The van der Waals surface area contributed by atoms with Crippen molar-refractivity contribution in [1.82, 2.24) is 5.32 Å². The Morgan fingerprint density at radius 3 is 2.82 bits per heavy atom. The van der Waals surface area contributed by atoms with Crippen molar-refractivity contribution in [3.05, 3.63) is 12.7 Å². The molecule has 1 aliphatic rings. The molecule has 64 valence electrons. The van der Waals surface area contributed by atoms with Gasteiger partial charge < -0.3 is 10.4 Å². The van der Waals surface area contributed by atoms with Crippen LogP contribution >= 0.6 is 0 Å². The summed E-state index contributed by atoms with van der Waals surface area (Å²) in [5.74, 6) is 0. The van der Waals surface area contributed by atoms with Crippen LogP contribution in [0.15, 0.2) is 12.7 Å². The number of hydrogen-bond donors (Lipinski definition) is 2. The third-order valence-corrected chi connectivity index (χ3v) is 2.31. The van der Waals surface area contributed by atoms with E-state index in [0.717, 1.165) is 19.3 Å². The zero-order valence-electron chi connectivity index (χ0n) is 7.09. The van der Waals surface area contributed by atoms with E-state index in [4.69, 9.17) is 0 Å². The smallest absolute Gasteiger partial charge is 0.0693 e. The van der Waals surface area contributed by atoms with Gasteiger partial charge in [0.15, 0.2) is 0 Å². The van der Waals surface area contributed by atoms with Gasteiger partial charge in [-0.1, -0.05) is 6.08 Å². The summed E-state index contributed by atoms with van der Waals surface area (Å²) in [6.45, 7) is 5.74. The van der Waals surface area contributed by atoms with E-state index in [1.807, 2.05) is 6.08 Å². The Bertz CT molecular complexity index is 136. The van der Waals surface area contributed by atoms with Crippen LogP contribution in [0.1, 0.15) is 26.2 Å². The lowest BCUT2D eigenvalue weighted by atomic mass is 10.2. The lowest BCUT2D eigenvalue weighted by Gasteiger charge is -2.19. The van der Waals surface area contributed by atoms with Gasteiger partial charge in [0.05, 0.1) is 6.10 Å². The monoisotopic (exact) mass is 155 g/mol. The summed E-state index contributed by atoms with van der Waals surface area (Å²) in [6.07, 6.45) is 4.91. The van der Waals surface area contributed by atoms with E-state index in [9.17, 15) is 5.11 Å². The predicted molar refractivity (Wildman–Crippen MR) is 46.4 cm³/mol. The largest absolute Gasteiger partial charge is 0.392 e. The standard InChI is InChI=1S/C9H17NO/c1-3-7(2)10-8-5-4-6-9(8)11/h3,7-11H,1,4-6H2,2H3/t7?,8-,9-/m0/s1. The van der Waals surface area contributed by atoms with Crippen LogP contribution in [0.5, 0.6) is 0 Å². The van der Waals surface area contributed by atoms with Crippen molar-refractivity contribution in [3.63, 3.8) is 0 Å². The van der Waals surface area contributed by atoms with Gasteiger partial charge in [-0.05, 0) is 26.2 Å². The van der Waals surface area contributed by atoms with Crippen molar-refractivity contribution in [2.24, 2.45) is 0 Å². The topological polar surface area (TPSA) is 32.3 Å². The lowest BCUT2D eigenvalue weighted by molar-refractivity contribution is 0.147. The molecule has 11 heavy (non-hydrogen) atoms. The van der Waals surface area contributed by atoms with Crippen molar-refractivity contribution in [2.75, 3.05) is 0 Å². The second-order valence-electron chi connectivity index (χ2n) is 3.30. The van der Waals surface area contributed by atoms with E-state index in [1.54, 1.807) is 0 Å².